The Hall–Kier alpha value is -2.20. The molecular formula is C20H34N6O4. The van der Waals surface area contributed by atoms with Gasteiger partial charge in [0.05, 0.1) is 13.1 Å². The molecule has 30 heavy (non-hydrogen) atoms. The summed E-state index contributed by atoms with van der Waals surface area (Å²) >= 11 is 0. The molecule has 1 aliphatic carbocycles. The molecule has 0 aromatic carbocycles. The maximum atomic E-state index is 12.1. The average molecular weight is 423 g/mol. The zero-order valence-electron chi connectivity index (χ0n) is 18.7. The Kier molecular flexibility index (Phi) is 6.66. The molecule has 1 saturated carbocycles. The van der Waals surface area contributed by atoms with Crippen molar-refractivity contribution in [2.45, 2.75) is 71.2 Å². The van der Waals surface area contributed by atoms with Crippen LogP contribution in [-0.2, 0) is 21.6 Å². The maximum Gasteiger partial charge on any atom is 0.408 e. The lowest BCUT2D eigenvalue weighted by Gasteiger charge is -2.33. The summed E-state index contributed by atoms with van der Waals surface area (Å²) in [4.78, 5) is 32.9. The standard InChI is InChI=1S/C20H34N6O4/c1-19(2,3)29-18(28)23-20(4,5)17-22-16(30-24-17)13-26-10-8-25(9-11-26)12-15(27)21-14-6-7-14/h14H,6-13H2,1-5H3,(H,21,27)(H,23,28). The minimum Gasteiger partial charge on any atom is -0.444 e. The molecule has 0 unspecified atom stereocenters. The highest BCUT2D eigenvalue weighted by molar-refractivity contribution is 5.78. The van der Waals surface area contributed by atoms with E-state index in [2.05, 4.69) is 30.6 Å². The van der Waals surface area contributed by atoms with Gasteiger partial charge in [-0.15, -0.1) is 0 Å². The zero-order valence-corrected chi connectivity index (χ0v) is 18.7. The Balaban J connectivity index is 1.44. The van der Waals surface area contributed by atoms with Gasteiger partial charge in [0.1, 0.15) is 11.1 Å². The molecule has 1 aliphatic heterocycles. The first-order valence-electron chi connectivity index (χ1n) is 10.6. The van der Waals surface area contributed by atoms with Gasteiger partial charge in [0, 0.05) is 32.2 Å². The van der Waals surface area contributed by atoms with Gasteiger partial charge in [0.2, 0.25) is 11.8 Å². The molecule has 1 aromatic rings. The molecule has 2 amide bonds. The highest BCUT2D eigenvalue weighted by atomic mass is 16.6. The van der Waals surface area contributed by atoms with E-state index in [1.165, 1.54) is 0 Å². The average Bonchev–Trinajstić information content (AvgIpc) is 3.28. The van der Waals surface area contributed by atoms with Gasteiger partial charge in [-0.05, 0) is 47.5 Å². The molecule has 2 aliphatic rings. The van der Waals surface area contributed by atoms with Gasteiger partial charge in [-0.3, -0.25) is 14.6 Å². The number of piperazine rings is 1. The van der Waals surface area contributed by atoms with Crippen molar-refractivity contribution >= 4 is 12.0 Å². The smallest absolute Gasteiger partial charge is 0.408 e. The summed E-state index contributed by atoms with van der Waals surface area (Å²) in [6, 6.07) is 0.402. The molecule has 0 radical (unpaired) electrons. The van der Waals surface area contributed by atoms with E-state index in [-0.39, 0.29) is 5.91 Å². The fourth-order valence-electron chi connectivity index (χ4n) is 3.19. The second-order valence-electron chi connectivity index (χ2n) is 9.66. The van der Waals surface area contributed by atoms with Crippen molar-refractivity contribution < 1.29 is 18.8 Å². The quantitative estimate of drug-likeness (QED) is 0.675. The number of ether oxygens (including phenoxy) is 1. The number of nitrogens with zero attached hydrogens (tertiary/aromatic N) is 4. The number of alkyl carbamates (subject to hydrolysis) is 1. The van der Waals surface area contributed by atoms with E-state index in [0.717, 1.165) is 39.0 Å². The topological polar surface area (TPSA) is 113 Å². The van der Waals surface area contributed by atoms with Crippen LogP contribution in [-0.4, -0.2) is 76.3 Å². The molecule has 0 atom stereocenters. The molecule has 168 valence electrons. The Bertz CT molecular complexity index is 745. The lowest BCUT2D eigenvalue weighted by molar-refractivity contribution is -0.122. The van der Waals surface area contributed by atoms with E-state index in [1.54, 1.807) is 13.8 Å². The van der Waals surface area contributed by atoms with E-state index in [4.69, 9.17) is 9.26 Å². The Morgan fingerprint density at radius 3 is 2.33 bits per heavy atom. The zero-order chi connectivity index (χ0) is 21.9. The number of nitrogens with one attached hydrogen (secondary N) is 2. The third kappa shape index (κ3) is 6.94. The van der Waals surface area contributed by atoms with Crippen LogP contribution in [0.3, 0.4) is 0 Å². The molecule has 2 N–H and O–H groups in total. The summed E-state index contributed by atoms with van der Waals surface area (Å²) in [5, 5.41) is 9.86. The first kappa shape index (κ1) is 22.5. The van der Waals surface area contributed by atoms with Crippen molar-refractivity contribution in [3.8, 4) is 0 Å². The number of amides is 2. The largest absolute Gasteiger partial charge is 0.444 e. The molecule has 0 spiro atoms. The number of aromatic nitrogens is 2. The van der Waals surface area contributed by atoms with Gasteiger partial charge in [-0.1, -0.05) is 5.16 Å². The maximum absolute atomic E-state index is 12.1. The summed E-state index contributed by atoms with van der Waals surface area (Å²) in [6.07, 6.45) is 1.69. The lowest BCUT2D eigenvalue weighted by Crippen LogP contribution is -2.49. The summed E-state index contributed by atoms with van der Waals surface area (Å²) in [5.74, 6) is 1.02. The van der Waals surface area contributed by atoms with E-state index in [9.17, 15) is 9.59 Å². The summed E-state index contributed by atoms with van der Waals surface area (Å²) in [5.41, 5.74) is -1.40. The Labute approximate surface area is 177 Å². The predicted molar refractivity (Wildman–Crippen MR) is 110 cm³/mol. The molecule has 1 saturated heterocycles. The first-order valence-corrected chi connectivity index (χ1v) is 10.6. The van der Waals surface area contributed by atoms with Crippen molar-refractivity contribution in [2.24, 2.45) is 0 Å². The number of carbonyl (C=O) groups excluding carboxylic acids is 2. The number of carbonyl (C=O) groups is 2. The van der Waals surface area contributed by atoms with Gasteiger partial charge in [0.25, 0.3) is 0 Å². The van der Waals surface area contributed by atoms with E-state index in [0.29, 0.717) is 30.8 Å². The first-order chi connectivity index (χ1) is 14.0. The number of rotatable bonds is 7. The highest BCUT2D eigenvalue weighted by Crippen LogP contribution is 2.20. The minimum atomic E-state index is -0.822. The van der Waals surface area contributed by atoms with Crippen LogP contribution in [0, 0.1) is 0 Å². The Morgan fingerprint density at radius 1 is 1.10 bits per heavy atom. The second-order valence-corrected chi connectivity index (χ2v) is 9.66. The normalized spacial score (nSPS) is 18.8. The molecule has 0 bridgehead atoms. The third-order valence-electron chi connectivity index (χ3n) is 4.97. The van der Waals surface area contributed by atoms with Crippen molar-refractivity contribution in [2.75, 3.05) is 32.7 Å². The number of hydrogen-bond acceptors (Lipinski definition) is 8. The predicted octanol–water partition coefficient (Wildman–Crippen LogP) is 1.23. The fraction of sp³-hybridized carbons (Fsp3) is 0.800. The molecular weight excluding hydrogens is 388 g/mol. The van der Waals surface area contributed by atoms with Crippen LogP contribution in [0.2, 0.25) is 0 Å². The molecule has 3 rings (SSSR count). The van der Waals surface area contributed by atoms with E-state index in [1.807, 2.05) is 20.8 Å². The molecule has 1 aromatic heterocycles. The number of hydrogen-bond donors (Lipinski definition) is 2. The van der Waals surface area contributed by atoms with Gasteiger partial charge < -0.3 is 19.9 Å². The van der Waals surface area contributed by atoms with Gasteiger partial charge in [0.15, 0.2) is 5.82 Å². The van der Waals surface area contributed by atoms with Crippen LogP contribution in [0.5, 0.6) is 0 Å². The molecule has 2 heterocycles. The SMILES string of the molecule is CC(C)(C)OC(=O)NC(C)(C)c1noc(CN2CCN(CC(=O)NC3CC3)CC2)n1. The van der Waals surface area contributed by atoms with Gasteiger partial charge in [-0.25, -0.2) is 4.79 Å². The lowest BCUT2D eigenvalue weighted by atomic mass is 10.1. The van der Waals surface area contributed by atoms with Crippen LogP contribution in [0.25, 0.3) is 0 Å². The third-order valence-corrected chi connectivity index (χ3v) is 4.97. The summed E-state index contributed by atoms with van der Waals surface area (Å²) in [7, 11) is 0. The monoisotopic (exact) mass is 422 g/mol. The van der Waals surface area contributed by atoms with E-state index >= 15 is 0 Å². The van der Waals surface area contributed by atoms with Crippen LogP contribution in [0.1, 0.15) is 59.2 Å². The van der Waals surface area contributed by atoms with Crippen molar-refractivity contribution in [1.29, 1.82) is 0 Å². The second kappa shape index (κ2) is 8.89. The van der Waals surface area contributed by atoms with E-state index < -0.39 is 17.2 Å². The van der Waals surface area contributed by atoms with Crippen LogP contribution >= 0.6 is 0 Å². The van der Waals surface area contributed by atoms with Gasteiger partial charge in [-0.2, -0.15) is 4.98 Å². The Morgan fingerprint density at radius 2 is 1.73 bits per heavy atom. The van der Waals surface area contributed by atoms with Crippen molar-refractivity contribution in [1.82, 2.24) is 30.6 Å². The van der Waals surface area contributed by atoms with Crippen molar-refractivity contribution in [3.63, 3.8) is 0 Å². The highest BCUT2D eigenvalue weighted by Gasteiger charge is 2.31. The molecule has 2 fully saturated rings. The summed E-state index contributed by atoms with van der Waals surface area (Å²) < 4.78 is 10.7. The van der Waals surface area contributed by atoms with Gasteiger partial charge >= 0.3 is 6.09 Å². The minimum absolute atomic E-state index is 0.118. The van der Waals surface area contributed by atoms with Crippen LogP contribution in [0.15, 0.2) is 4.52 Å². The molecule has 10 nitrogen and oxygen atoms in total. The fourth-order valence-corrected chi connectivity index (χ4v) is 3.19. The molecule has 10 heteroatoms. The van der Waals surface area contributed by atoms with Crippen molar-refractivity contribution in [3.05, 3.63) is 11.7 Å². The van der Waals surface area contributed by atoms with Crippen LogP contribution in [0.4, 0.5) is 4.79 Å². The van der Waals surface area contributed by atoms with Crippen LogP contribution < -0.4 is 10.6 Å². The summed E-state index contributed by atoms with van der Waals surface area (Å²) in [6.45, 7) is 13.3.